The quantitative estimate of drug-likeness (QED) is 0.542. The van der Waals surface area contributed by atoms with Gasteiger partial charge in [-0.25, -0.2) is 0 Å². The summed E-state index contributed by atoms with van der Waals surface area (Å²) in [6.45, 7) is 0. The Bertz CT molecular complexity index is 362. The van der Waals surface area contributed by atoms with Gasteiger partial charge in [0, 0.05) is 0 Å². The largest absolute Gasteiger partial charge is 0.0882 e. The molecule has 0 saturated heterocycles. The van der Waals surface area contributed by atoms with Crippen LogP contribution in [0.15, 0.2) is 36.4 Å². The molecule has 2 atom stereocenters. The first kappa shape index (κ1) is 8.28. The van der Waals surface area contributed by atoms with E-state index in [-0.39, 0.29) is 0 Å². The van der Waals surface area contributed by atoms with E-state index in [2.05, 4.69) is 36.4 Å². The van der Waals surface area contributed by atoms with Gasteiger partial charge >= 0.3 is 0 Å². The summed E-state index contributed by atoms with van der Waals surface area (Å²) >= 11 is 0. The highest BCUT2D eigenvalue weighted by Crippen LogP contribution is 2.36. The van der Waals surface area contributed by atoms with Crippen molar-refractivity contribution >= 4 is 0 Å². The Morgan fingerprint density at radius 3 is 2.64 bits per heavy atom. The maximum Gasteiger partial charge on any atom is -0.0161 e. The van der Waals surface area contributed by atoms with E-state index in [0.717, 1.165) is 11.8 Å². The van der Waals surface area contributed by atoms with E-state index in [1.165, 1.54) is 25.7 Å². The molecular weight excluding hydrogens is 168 g/mol. The van der Waals surface area contributed by atoms with Crippen LogP contribution >= 0.6 is 0 Å². The van der Waals surface area contributed by atoms with Gasteiger partial charge in [-0.3, -0.25) is 0 Å². The number of allylic oxidation sites excluding steroid dienone is 2. The minimum absolute atomic E-state index is 0.832. The van der Waals surface area contributed by atoms with Gasteiger partial charge in [0.2, 0.25) is 0 Å². The highest BCUT2D eigenvalue weighted by atomic mass is 14.3. The molecular formula is C14H16. The molecule has 72 valence electrons. The van der Waals surface area contributed by atoms with Crippen LogP contribution in [0.1, 0.15) is 24.0 Å². The molecule has 2 aliphatic rings. The first-order valence-electron chi connectivity index (χ1n) is 5.67. The first-order valence-corrected chi connectivity index (χ1v) is 5.67. The molecule has 0 nitrogen and oxygen atoms in total. The molecule has 0 fully saturated rings. The van der Waals surface area contributed by atoms with E-state index in [0.29, 0.717) is 0 Å². The van der Waals surface area contributed by atoms with Crippen LogP contribution in [-0.4, -0.2) is 0 Å². The predicted molar refractivity (Wildman–Crippen MR) is 59.2 cm³/mol. The van der Waals surface area contributed by atoms with Gasteiger partial charge in [-0.1, -0.05) is 36.4 Å². The minimum Gasteiger partial charge on any atom is -0.0882 e. The van der Waals surface area contributed by atoms with Crippen LogP contribution in [0.4, 0.5) is 0 Å². The molecule has 14 heavy (non-hydrogen) atoms. The molecule has 1 aromatic rings. The zero-order chi connectivity index (χ0) is 9.38. The number of benzene rings is 1. The summed E-state index contributed by atoms with van der Waals surface area (Å²) < 4.78 is 0. The summed E-state index contributed by atoms with van der Waals surface area (Å²) in [5.41, 5.74) is 3.18. The van der Waals surface area contributed by atoms with Crippen molar-refractivity contribution in [1.82, 2.24) is 0 Å². The molecule has 0 radical (unpaired) electrons. The summed E-state index contributed by atoms with van der Waals surface area (Å²) in [5, 5.41) is 0. The predicted octanol–water partition coefficient (Wildman–Crippen LogP) is 3.37. The van der Waals surface area contributed by atoms with Gasteiger partial charge in [-0.05, 0) is 48.6 Å². The summed E-state index contributed by atoms with van der Waals surface area (Å²) in [6.07, 6.45) is 10.1. The molecule has 2 aliphatic carbocycles. The average molecular weight is 184 g/mol. The van der Waals surface area contributed by atoms with E-state index < -0.39 is 0 Å². The van der Waals surface area contributed by atoms with E-state index in [9.17, 15) is 0 Å². The van der Waals surface area contributed by atoms with Crippen LogP contribution in [-0.2, 0) is 12.8 Å². The van der Waals surface area contributed by atoms with Crippen LogP contribution in [0.25, 0.3) is 0 Å². The van der Waals surface area contributed by atoms with Crippen molar-refractivity contribution < 1.29 is 0 Å². The van der Waals surface area contributed by atoms with Crippen molar-refractivity contribution in [2.45, 2.75) is 25.7 Å². The molecule has 0 spiro atoms. The standard InChI is InChI=1S/C14H16/c1-2-6-12-10-14-8-4-3-7-13(14)9-11(12)5-1/h1-3,5-7,13-14H,4,8-10H2. The topological polar surface area (TPSA) is 0 Å². The van der Waals surface area contributed by atoms with Gasteiger partial charge in [0.05, 0.1) is 0 Å². The molecule has 2 unspecified atom stereocenters. The smallest absolute Gasteiger partial charge is 0.0161 e. The van der Waals surface area contributed by atoms with Crippen molar-refractivity contribution in [2.75, 3.05) is 0 Å². The van der Waals surface area contributed by atoms with E-state index in [1.807, 2.05) is 0 Å². The van der Waals surface area contributed by atoms with E-state index >= 15 is 0 Å². The molecule has 1 aromatic carbocycles. The first-order chi connectivity index (χ1) is 6.93. The lowest BCUT2D eigenvalue weighted by molar-refractivity contribution is 0.332. The third kappa shape index (κ3) is 1.30. The molecule has 0 amide bonds. The van der Waals surface area contributed by atoms with Crippen molar-refractivity contribution in [3.63, 3.8) is 0 Å². The van der Waals surface area contributed by atoms with Crippen LogP contribution in [0, 0.1) is 11.8 Å². The number of rotatable bonds is 0. The van der Waals surface area contributed by atoms with Gasteiger partial charge in [0.25, 0.3) is 0 Å². The van der Waals surface area contributed by atoms with Crippen molar-refractivity contribution in [1.29, 1.82) is 0 Å². The Kier molecular flexibility index (Phi) is 1.93. The fourth-order valence-electron chi connectivity index (χ4n) is 2.93. The lowest BCUT2D eigenvalue weighted by atomic mass is 9.72. The second kappa shape index (κ2) is 3.27. The fourth-order valence-corrected chi connectivity index (χ4v) is 2.93. The van der Waals surface area contributed by atoms with E-state index in [4.69, 9.17) is 0 Å². The second-order valence-electron chi connectivity index (χ2n) is 4.61. The summed E-state index contributed by atoms with van der Waals surface area (Å²) in [5.74, 6) is 1.76. The van der Waals surface area contributed by atoms with Gasteiger partial charge < -0.3 is 0 Å². The average Bonchev–Trinajstić information content (AvgIpc) is 2.26. The van der Waals surface area contributed by atoms with Crippen molar-refractivity contribution in [3.05, 3.63) is 47.5 Å². The monoisotopic (exact) mass is 184 g/mol. The Labute approximate surface area is 85.6 Å². The molecule has 0 bridgehead atoms. The molecule has 0 heteroatoms. The van der Waals surface area contributed by atoms with Crippen molar-refractivity contribution in [2.24, 2.45) is 11.8 Å². The number of hydrogen-bond acceptors (Lipinski definition) is 0. The fraction of sp³-hybridized carbons (Fsp3) is 0.429. The minimum atomic E-state index is 0.832. The highest BCUT2D eigenvalue weighted by molar-refractivity contribution is 5.31. The Morgan fingerprint density at radius 1 is 1.00 bits per heavy atom. The molecule has 0 saturated carbocycles. The van der Waals surface area contributed by atoms with Crippen molar-refractivity contribution in [3.8, 4) is 0 Å². The summed E-state index contributed by atoms with van der Waals surface area (Å²) in [6, 6.07) is 8.96. The summed E-state index contributed by atoms with van der Waals surface area (Å²) in [7, 11) is 0. The second-order valence-corrected chi connectivity index (χ2v) is 4.61. The zero-order valence-corrected chi connectivity index (χ0v) is 8.45. The normalized spacial score (nSPS) is 29.4. The lowest BCUT2D eigenvalue weighted by Gasteiger charge is -2.33. The molecule has 0 heterocycles. The SMILES string of the molecule is C1=CC2Cc3ccccc3CC2CC1. The molecule has 0 aromatic heterocycles. The van der Waals surface area contributed by atoms with Crippen LogP contribution in [0.3, 0.4) is 0 Å². The van der Waals surface area contributed by atoms with Gasteiger partial charge in [-0.2, -0.15) is 0 Å². The lowest BCUT2D eigenvalue weighted by Crippen LogP contribution is -2.25. The van der Waals surface area contributed by atoms with Gasteiger partial charge in [-0.15, -0.1) is 0 Å². The van der Waals surface area contributed by atoms with Crippen LogP contribution < -0.4 is 0 Å². The maximum atomic E-state index is 2.45. The molecule has 0 aliphatic heterocycles. The van der Waals surface area contributed by atoms with E-state index in [1.54, 1.807) is 11.1 Å². The van der Waals surface area contributed by atoms with Gasteiger partial charge in [0.15, 0.2) is 0 Å². The maximum absolute atomic E-state index is 2.45. The van der Waals surface area contributed by atoms with Crippen LogP contribution in [0.5, 0.6) is 0 Å². The highest BCUT2D eigenvalue weighted by Gasteiger charge is 2.27. The Morgan fingerprint density at radius 2 is 1.79 bits per heavy atom. The third-order valence-electron chi connectivity index (χ3n) is 3.75. The summed E-state index contributed by atoms with van der Waals surface area (Å²) in [4.78, 5) is 0. The molecule has 3 rings (SSSR count). The number of fused-ring (bicyclic) bond motifs is 2. The van der Waals surface area contributed by atoms with Gasteiger partial charge in [0.1, 0.15) is 0 Å². The molecule has 0 N–H and O–H groups in total. The Balaban J connectivity index is 1.96. The zero-order valence-electron chi connectivity index (χ0n) is 8.45. The Hall–Kier alpha value is -1.04. The third-order valence-corrected chi connectivity index (χ3v) is 3.75. The number of hydrogen-bond donors (Lipinski definition) is 0. The van der Waals surface area contributed by atoms with Crippen LogP contribution in [0.2, 0.25) is 0 Å².